The molecule has 2 N–H and O–H groups in total. The Kier molecular flexibility index (Phi) is 2.34. The quantitative estimate of drug-likeness (QED) is 0.679. The third-order valence-electron chi connectivity index (χ3n) is 2.05. The molecule has 0 aromatic carbocycles. The second kappa shape index (κ2) is 3.66. The highest BCUT2D eigenvalue weighted by molar-refractivity contribution is 5.31. The van der Waals surface area contributed by atoms with Crippen LogP contribution in [-0.4, -0.2) is 25.7 Å². The minimum absolute atomic E-state index is 0.206. The average molecular weight is 205 g/mol. The molecule has 2 rings (SSSR count). The van der Waals surface area contributed by atoms with Crippen LogP contribution in [0.15, 0.2) is 35.5 Å². The Morgan fingerprint density at radius 3 is 3.07 bits per heavy atom. The number of rotatable bonds is 3. The molecule has 0 amide bonds. The van der Waals surface area contributed by atoms with E-state index in [9.17, 15) is 4.79 Å². The van der Waals surface area contributed by atoms with Gasteiger partial charge in [0.1, 0.15) is 0 Å². The van der Waals surface area contributed by atoms with Crippen molar-refractivity contribution in [1.29, 1.82) is 0 Å². The maximum Gasteiger partial charge on any atom is 0.350 e. The van der Waals surface area contributed by atoms with Gasteiger partial charge in [0.15, 0.2) is 5.65 Å². The summed E-state index contributed by atoms with van der Waals surface area (Å²) in [5, 5.41) is 4.09. The highest BCUT2D eigenvalue weighted by Crippen LogP contribution is 1.95. The lowest BCUT2D eigenvalue weighted by molar-refractivity contribution is 0.644. The molecule has 0 spiro atoms. The van der Waals surface area contributed by atoms with Crippen molar-refractivity contribution < 1.29 is 0 Å². The van der Waals surface area contributed by atoms with E-state index in [1.54, 1.807) is 6.20 Å². The first-order valence-electron chi connectivity index (χ1n) is 4.48. The second-order valence-corrected chi connectivity index (χ2v) is 3.20. The second-order valence-electron chi connectivity index (χ2n) is 3.20. The zero-order valence-electron chi connectivity index (χ0n) is 8.13. The van der Waals surface area contributed by atoms with Crippen molar-refractivity contribution >= 4 is 5.65 Å². The Hall–Kier alpha value is -1.95. The molecule has 0 bridgehead atoms. The highest BCUT2D eigenvalue weighted by atomic mass is 16.2. The average Bonchev–Trinajstić information content (AvgIpc) is 2.57. The topological polar surface area (TPSA) is 78.2 Å². The van der Waals surface area contributed by atoms with Gasteiger partial charge in [0.25, 0.3) is 0 Å². The molecule has 6 nitrogen and oxygen atoms in total. The zero-order valence-corrected chi connectivity index (χ0v) is 8.13. The summed E-state index contributed by atoms with van der Waals surface area (Å²) >= 11 is 0. The van der Waals surface area contributed by atoms with E-state index in [0.29, 0.717) is 18.7 Å². The number of hydrogen-bond acceptors (Lipinski definition) is 4. The van der Waals surface area contributed by atoms with E-state index >= 15 is 0 Å². The summed E-state index contributed by atoms with van der Waals surface area (Å²) in [6, 6.07) is 0. The third kappa shape index (κ3) is 1.66. The summed E-state index contributed by atoms with van der Waals surface area (Å²) in [6.07, 6.45) is 4.65. The Balaban J connectivity index is 2.49. The fourth-order valence-electron chi connectivity index (χ4n) is 1.26. The first-order chi connectivity index (χ1) is 7.22. The van der Waals surface area contributed by atoms with E-state index in [2.05, 4.69) is 16.7 Å². The minimum atomic E-state index is -0.206. The van der Waals surface area contributed by atoms with Crippen LogP contribution in [0.1, 0.15) is 0 Å². The lowest BCUT2D eigenvalue weighted by atomic mass is 10.3. The number of hydrogen-bond donors (Lipinski definition) is 1. The number of nitrogens with two attached hydrogens (primary N) is 1. The monoisotopic (exact) mass is 205 g/mol. The first kappa shape index (κ1) is 9.60. The fraction of sp³-hybridized carbons (Fsp3) is 0.222. The largest absolute Gasteiger partial charge is 0.350 e. The van der Waals surface area contributed by atoms with Crippen LogP contribution >= 0.6 is 0 Å². The molecule has 2 aromatic heterocycles. The summed E-state index contributed by atoms with van der Waals surface area (Å²) in [5.41, 5.74) is 6.47. The number of fused-ring (bicyclic) bond motifs is 1. The molecule has 0 atom stereocenters. The Morgan fingerprint density at radius 1 is 1.60 bits per heavy atom. The smallest absolute Gasteiger partial charge is 0.327 e. The van der Waals surface area contributed by atoms with E-state index in [0.717, 1.165) is 5.57 Å². The fourth-order valence-corrected chi connectivity index (χ4v) is 1.26. The molecule has 78 valence electrons. The summed E-state index contributed by atoms with van der Waals surface area (Å²) in [7, 11) is 0. The predicted octanol–water partition coefficient (Wildman–Crippen LogP) is -0.594. The van der Waals surface area contributed by atoms with E-state index in [1.165, 1.54) is 21.5 Å². The van der Waals surface area contributed by atoms with Crippen LogP contribution in [0.3, 0.4) is 0 Å². The third-order valence-corrected chi connectivity index (χ3v) is 2.05. The molecule has 2 heterocycles. The van der Waals surface area contributed by atoms with Gasteiger partial charge in [-0.05, 0) is 5.57 Å². The molecular formula is C9H11N5O. The van der Waals surface area contributed by atoms with Gasteiger partial charge in [-0.15, -0.1) is 5.10 Å². The molecule has 0 aliphatic rings. The normalized spacial score (nSPS) is 10.7. The van der Waals surface area contributed by atoms with Crippen LogP contribution in [0.4, 0.5) is 0 Å². The van der Waals surface area contributed by atoms with Gasteiger partial charge in [-0.25, -0.2) is 13.9 Å². The van der Waals surface area contributed by atoms with Gasteiger partial charge in [-0.2, -0.15) is 0 Å². The van der Waals surface area contributed by atoms with E-state index < -0.39 is 0 Å². The molecule has 6 heteroatoms. The Bertz CT molecular complexity index is 553. The maximum atomic E-state index is 11.7. The van der Waals surface area contributed by atoms with Crippen molar-refractivity contribution in [2.45, 2.75) is 6.54 Å². The van der Waals surface area contributed by atoms with Gasteiger partial charge >= 0.3 is 5.69 Å². The Labute approximate surface area is 85.7 Å². The lowest BCUT2D eigenvalue weighted by Crippen LogP contribution is -2.23. The summed E-state index contributed by atoms with van der Waals surface area (Å²) < 4.78 is 2.75. The van der Waals surface area contributed by atoms with Crippen LogP contribution in [0.2, 0.25) is 0 Å². The minimum Gasteiger partial charge on any atom is -0.327 e. The first-order valence-corrected chi connectivity index (χ1v) is 4.48. The molecular weight excluding hydrogens is 194 g/mol. The van der Waals surface area contributed by atoms with Gasteiger partial charge in [-0.3, -0.25) is 4.98 Å². The molecule has 15 heavy (non-hydrogen) atoms. The van der Waals surface area contributed by atoms with Gasteiger partial charge in [0.2, 0.25) is 0 Å². The van der Waals surface area contributed by atoms with Crippen LogP contribution in [-0.2, 0) is 6.54 Å². The van der Waals surface area contributed by atoms with Gasteiger partial charge in [-0.1, -0.05) is 6.58 Å². The molecule has 0 saturated carbocycles. The van der Waals surface area contributed by atoms with Crippen molar-refractivity contribution in [2.75, 3.05) is 6.54 Å². The molecule has 2 aromatic rings. The van der Waals surface area contributed by atoms with Crippen LogP contribution in [0, 0.1) is 0 Å². The molecule has 0 unspecified atom stereocenters. The number of nitrogens with zero attached hydrogens (tertiary/aromatic N) is 4. The molecule has 0 aliphatic heterocycles. The summed E-state index contributed by atoms with van der Waals surface area (Å²) in [6.45, 7) is 4.42. The standard InChI is InChI=1S/C9H11N5O/c1-7(4-10)6-14-9(15)13-3-2-11-5-8(13)12-14/h2-3,5H,1,4,6,10H2. The summed E-state index contributed by atoms with van der Waals surface area (Å²) in [5.74, 6) is 0. The zero-order chi connectivity index (χ0) is 10.8. The van der Waals surface area contributed by atoms with E-state index in [4.69, 9.17) is 5.73 Å². The van der Waals surface area contributed by atoms with E-state index in [1.807, 2.05) is 0 Å². The van der Waals surface area contributed by atoms with Gasteiger partial charge in [0.05, 0.1) is 12.7 Å². The molecule has 0 saturated heterocycles. The Morgan fingerprint density at radius 2 is 2.40 bits per heavy atom. The maximum absolute atomic E-state index is 11.7. The van der Waals surface area contributed by atoms with Crippen LogP contribution in [0.25, 0.3) is 5.65 Å². The van der Waals surface area contributed by atoms with Crippen molar-refractivity contribution in [3.05, 3.63) is 41.2 Å². The SMILES string of the molecule is C=C(CN)Cn1nc2cnccn2c1=O. The number of aromatic nitrogens is 4. The lowest BCUT2D eigenvalue weighted by Gasteiger charge is -1.99. The van der Waals surface area contributed by atoms with Crippen molar-refractivity contribution in [3.8, 4) is 0 Å². The van der Waals surface area contributed by atoms with Crippen molar-refractivity contribution in [3.63, 3.8) is 0 Å². The molecule has 0 radical (unpaired) electrons. The predicted molar refractivity (Wildman–Crippen MR) is 55.4 cm³/mol. The van der Waals surface area contributed by atoms with Gasteiger partial charge < -0.3 is 5.73 Å². The van der Waals surface area contributed by atoms with Crippen LogP contribution in [0.5, 0.6) is 0 Å². The van der Waals surface area contributed by atoms with E-state index in [-0.39, 0.29) is 5.69 Å². The molecule has 0 fully saturated rings. The van der Waals surface area contributed by atoms with Gasteiger partial charge in [0, 0.05) is 18.9 Å². The summed E-state index contributed by atoms with van der Waals surface area (Å²) in [4.78, 5) is 15.6. The van der Waals surface area contributed by atoms with Crippen molar-refractivity contribution in [2.24, 2.45) is 5.73 Å². The molecule has 0 aliphatic carbocycles. The van der Waals surface area contributed by atoms with Crippen LogP contribution < -0.4 is 11.4 Å². The van der Waals surface area contributed by atoms with Crippen molar-refractivity contribution in [1.82, 2.24) is 19.2 Å². The highest BCUT2D eigenvalue weighted by Gasteiger charge is 2.06.